The number of hydrogen-bond donors (Lipinski definition) is 4. The molecular formula is C27H37N5O7S. The van der Waals surface area contributed by atoms with E-state index in [4.69, 9.17) is 9.88 Å². The summed E-state index contributed by atoms with van der Waals surface area (Å²) in [5.41, 5.74) is 0.916. The number of nitrogens with two attached hydrogens (primary N) is 1. The number of pyridine rings is 1. The Morgan fingerprint density at radius 1 is 1.15 bits per heavy atom. The maximum absolute atomic E-state index is 12.9. The van der Waals surface area contributed by atoms with Crippen molar-refractivity contribution in [3.05, 3.63) is 47.7 Å². The third-order valence-electron chi connectivity index (χ3n) is 6.23. The van der Waals surface area contributed by atoms with Gasteiger partial charge in [0.2, 0.25) is 12.3 Å². The molecule has 0 saturated heterocycles. The van der Waals surface area contributed by atoms with E-state index < -0.39 is 40.7 Å². The van der Waals surface area contributed by atoms with Crippen LogP contribution in [0.15, 0.2) is 41.3 Å². The Balaban J connectivity index is 2.16. The molecule has 1 heterocycles. The van der Waals surface area contributed by atoms with Crippen LogP contribution in [-0.2, 0) is 25.3 Å². The van der Waals surface area contributed by atoms with E-state index in [2.05, 4.69) is 15.6 Å². The molecule has 1 aromatic heterocycles. The van der Waals surface area contributed by atoms with Crippen LogP contribution >= 0.6 is 0 Å². The molecular weight excluding hydrogens is 538 g/mol. The second kappa shape index (κ2) is 16.4. The zero-order valence-corrected chi connectivity index (χ0v) is 23.7. The van der Waals surface area contributed by atoms with Crippen molar-refractivity contribution in [3.63, 3.8) is 0 Å². The molecule has 3 amide bonds. The maximum Gasteiger partial charge on any atom is 0.338 e. The number of benzene rings is 1. The largest absolute Gasteiger partial charge is 0.462 e. The molecule has 12 nitrogen and oxygen atoms in total. The molecule has 0 aliphatic carbocycles. The Labute approximate surface area is 236 Å². The Kier molecular flexibility index (Phi) is 13.4. The number of hydroxylamine groups is 2. The molecule has 0 spiro atoms. The van der Waals surface area contributed by atoms with Crippen molar-refractivity contribution in [3.8, 4) is 11.3 Å². The molecule has 2 rings (SSSR count). The molecule has 0 aliphatic rings. The van der Waals surface area contributed by atoms with Crippen LogP contribution in [0, 0.1) is 5.92 Å². The molecule has 0 saturated carbocycles. The second-order valence-electron chi connectivity index (χ2n) is 8.96. The zero-order chi connectivity index (χ0) is 29.7. The van der Waals surface area contributed by atoms with Gasteiger partial charge in [0.25, 0.3) is 5.91 Å². The molecule has 3 atom stereocenters. The van der Waals surface area contributed by atoms with Gasteiger partial charge in [-0.25, -0.2) is 24.2 Å². The van der Waals surface area contributed by atoms with E-state index in [0.717, 1.165) is 19.3 Å². The summed E-state index contributed by atoms with van der Waals surface area (Å²) in [5, 5.41) is 21.2. The SMILES string of the molecule is CCCCCC(C(=O)NCNC(=O)c1cccc(-c2cc(C(=O)OCC)cc(S(N)=O)c2)n1)C(CC)N(O)C=O. The van der Waals surface area contributed by atoms with Crippen LogP contribution in [0.4, 0.5) is 0 Å². The first-order chi connectivity index (χ1) is 19.2. The van der Waals surface area contributed by atoms with Crippen molar-refractivity contribution < 1.29 is 33.3 Å². The maximum atomic E-state index is 12.9. The highest BCUT2D eigenvalue weighted by Gasteiger charge is 2.30. The topological polar surface area (TPSA) is 181 Å². The second-order valence-corrected chi connectivity index (χ2v) is 10.0. The van der Waals surface area contributed by atoms with Gasteiger partial charge in [-0.1, -0.05) is 39.2 Å². The number of rotatable bonds is 16. The van der Waals surface area contributed by atoms with Crippen molar-refractivity contribution in [1.82, 2.24) is 20.7 Å². The Hall–Kier alpha value is -3.68. The third-order valence-corrected chi connectivity index (χ3v) is 6.93. The molecule has 3 unspecified atom stereocenters. The number of amides is 3. The highest BCUT2D eigenvalue weighted by atomic mass is 32.2. The molecule has 40 heavy (non-hydrogen) atoms. The van der Waals surface area contributed by atoms with Crippen LogP contribution in [0.1, 0.15) is 73.7 Å². The molecule has 0 radical (unpaired) electrons. The zero-order valence-electron chi connectivity index (χ0n) is 22.9. The summed E-state index contributed by atoms with van der Waals surface area (Å²) >= 11 is 0. The van der Waals surface area contributed by atoms with Gasteiger partial charge in [-0.05, 0) is 50.1 Å². The molecule has 1 aromatic carbocycles. The van der Waals surface area contributed by atoms with Gasteiger partial charge in [0.05, 0.1) is 41.4 Å². The summed E-state index contributed by atoms with van der Waals surface area (Å²) in [4.78, 5) is 53.7. The summed E-state index contributed by atoms with van der Waals surface area (Å²) < 4.78 is 17.0. The van der Waals surface area contributed by atoms with Crippen molar-refractivity contribution in [2.75, 3.05) is 13.3 Å². The van der Waals surface area contributed by atoms with Gasteiger partial charge in [-0.3, -0.25) is 19.6 Å². The van der Waals surface area contributed by atoms with Gasteiger partial charge in [0, 0.05) is 5.56 Å². The van der Waals surface area contributed by atoms with E-state index >= 15 is 0 Å². The standard InChI is InChI=1S/C27H37N5O7S/c1-4-7-8-10-21(24(5-2)32(37)17-33)25(34)29-16-30-26(35)23-12-9-11-22(31-23)18-13-19(27(36)39-6-3)15-20(14-18)40(28)38/h9,11-15,17,21,24,37H,4-8,10,16,28H2,1-3H3,(H,29,34)(H,30,35). The third kappa shape index (κ3) is 9.21. The fourth-order valence-electron chi connectivity index (χ4n) is 4.20. The smallest absolute Gasteiger partial charge is 0.338 e. The molecule has 0 fully saturated rings. The first kappa shape index (κ1) is 32.5. The fourth-order valence-corrected chi connectivity index (χ4v) is 4.68. The van der Waals surface area contributed by atoms with Crippen LogP contribution in [-0.4, -0.2) is 63.0 Å². The van der Waals surface area contributed by atoms with Crippen LogP contribution in [0.5, 0.6) is 0 Å². The average Bonchev–Trinajstić information content (AvgIpc) is 2.96. The first-order valence-corrected chi connectivity index (χ1v) is 14.3. The minimum atomic E-state index is -1.87. The normalized spacial score (nSPS) is 13.0. The van der Waals surface area contributed by atoms with Crippen molar-refractivity contribution >= 4 is 35.2 Å². The van der Waals surface area contributed by atoms with E-state index in [1.807, 2.05) is 6.92 Å². The predicted molar refractivity (Wildman–Crippen MR) is 148 cm³/mol. The van der Waals surface area contributed by atoms with Gasteiger partial charge in [-0.15, -0.1) is 0 Å². The fraction of sp³-hybridized carbons (Fsp3) is 0.444. The number of nitrogens with zero attached hydrogens (tertiary/aromatic N) is 2. The molecule has 0 aliphatic heterocycles. The van der Waals surface area contributed by atoms with Gasteiger partial charge in [0.15, 0.2) is 0 Å². The van der Waals surface area contributed by atoms with E-state index in [-0.39, 0.29) is 35.8 Å². The highest BCUT2D eigenvalue weighted by Crippen LogP contribution is 2.23. The summed E-state index contributed by atoms with van der Waals surface area (Å²) in [6.45, 7) is 5.42. The number of aromatic nitrogens is 1. The lowest BCUT2D eigenvalue weighted by molar-refractivity contribution is -0.168. The summed E-state index contributed by atoms with van der Waals surface area (Å²) in [5.74, 6) is -2.24. The van der Waals surface area contributed by atoms with Crippen molar-refractivity contribution in [1.29, 1.82) is 0 Å². The lowest BCUT2D eigenvalue weighted by atomic mass is 9.90. The lowest BCUT2D eigenvalue weighted by Crippen LogP contribution is -2.47. The monoisotopic (exact) mass is 575 g/mol. The van der Waals surface area contributed by atoms with Crippen LogP contribution < -0.4 is 15.8 Å². The number of esters is 1. The van der Waals surface area contributed by atoms with Gasteiger partial charge >= 0.3 is 5.97 Å². The molecule has 2 aromatic rings. The van der Waals surface area contributed by atoms with E-state index in [0.29, 0.717) is 29.2 Å². The van der Waals surface area contributed by atoms with Crippen LogP contribution in [0.3, 0.4) is 0 Å². The van der Waals surface area contributed by atoms with Crippen LogP contribution in [0.2, 0.25) is 0 Å². The number of unbranched alkanes of at least 4 members (excludes halogenated alkanes) is 2. The molecule has 218 valence electrons. The summed E-state index contributed by atoms with van der Waals surface area (Å²) in [6.07, 6.45) is 3.72. The molecule has 13 heteroatoms. The molecule has 5 N–H and O–H groups in total. The quantitative estimate of drug-likeness (QED) is 0.0588. The minimum Gasteiger partial charge on any atom is -0.462 e. The van der Waals surface area contributed by atoms with Gasteiger partial charge < -0.3 is 15.4 Å². The Bertz CT molecular complexity index is 1210. The Morgan fingerprint density at radius 2 is 1.90 bits per heavy atom. The minimum absolute atomic E-state index is 0.0390. The van der Waals surface area contributed by atoms with E-state index in [9.17, 15) is 28.6 Å². The number of ether oxygens (including phenoxy) is 1. The first-order valence-electron chi connectivity index (χ1n) is 13.1. The van der Waals surface area contributed by atoms with E-state index in [1.165, 1.54) is 24.3 Å². The lowest BCUT2D eigenvalue weighted by Gasteiger charge is -2.29. The summed E-state index contributed by atoms with van der Waals surface area (Å²) in [6, 6.07) is 8.39. The van der Waals surface area contributed by atoms with Gasteiger partial charge in [-0.2, -0.15) is 0 Å². The molecule has 0 bridgehead atoms. The van der Waals surface area contributed by atoms with Crippen molar-refractivity contribution in [2.24, 2.45) is 11.1 Å². The summed E-state index contributed by atoms with van der Waals surface area (Å²) in [7, 11) is -1.87. The average molecular weight is 576 g/mol. The van der Waals surface area contributed by atoms with E-state index in [1.54, 1.807) is 26.0 Å². The Morgan fingerprint density at radius 3 is 2.52 bits per heavy atom. The van der Waals surface area contributed by atoms with Gasteiger partial charge in [0.1, 0.15) is 16.7 Å². The van der Waals surface area contributed by atoms with Crippen molar-refractivity contribution in [2.45, 2.75) is 63.8 Å². The number of hydrogen-bond acceptors (Lipinski definition) is 8. The number of nitrogens with one attached hydrogen (secondary N) is 2. The predicted octanol–water partition coefficient (Wildman–Crippen LogP) is 2.53. The number of carbonyl (C=O) groups is 4. The highest BCUT2D eigenvalue weighted by molar-refractivity contribution is 7.82. The number of carbonyl (C=O) groups excluding carboxylic acids is 4. The van der Waals surface area contributed by atoms with Crippen LogP contribution in [0.25, 0.3) is 11.3 Å².